The van der Waals surface area contributed by atoms with Crippen molar-refractivity contribution in [2.45, 2.75) is 26.9 Å². The zero-order valence-electron chi connectivity index (χ0n) is 16.4. The van der Waals surface area contributed by atoms with Gasteiger partial charge in [0.05, 0.1) is 18.8 Å². The number of amides is 1. The number of hydrogen-bond donors (Lipinski definition) is 1. The lowest BCUT2D eigenvalue weighted by Crippen LogP contribution is -2.12. The predicted molar refractivity (Wildman–Crippen MR) is 110 cm³/mol. The Morgan fingerprint density at radius 2 is 1.97 bits per heavy atom. The van der Waals surface area contributed by atoms with E-state index in [9.17, 15) is 9.18 Å². The van der Waals surface area contributed by atoms with Crippen molar-refractivity contribution in [2.75, 3.05) is 5.32 Å². The van der Waals surface area contributed by atoms with Gasteiger partial charge in [-0.3, -0.25) is 14.2 Å². The Hall–Kier alpha value is -3.39. The van der Waals surface area contributed by atoms with Crippen LogP contribution in [0.15, 0.2) is 53.1 Å². The highest BCUT2D eigenvalue weighted by Gasteiger charge is 2.17. The average Bonchev–Trinajstić information content (AvgIpc) is 3.38. The molecule has 0 aliphatic carbocycles. The summed E-state index contributed by atoms with van der Waals surface area (Å²) in [6.07, 6.45) is 1.53. The van der Waals surface area contributed by atoms with Crippen molar-refractivity contribution in [3.05, 3.63) is 88.0 Å². The van der Waals surface area contributed by atoms with E-state index in [2.05, 4.69) is 15.5 Å². The first-order valence-electron chi connectivity index (χ1n) is 9.26. The maximum absolute atomic E-state index is 13.8. The van der Waals surface area contributed by atoms with Crippen molar-refractivity contribution in [3.8, 4) is 0 Å². The second kappa shape index (κ2) is 8.16. The first-order valence-corrected chi connectivity index (χ1v) is 9.64. The SMILES string of the molecule is Cc1cc(C)n(Cc2ccc(C(=O)Nc3nn(Cc4ccccc4F)cc3Cl)o2)n1. The van der Waals surface area contributed by atoms with Crippen molar-refractivity contribution in [2.24, 2.45) is 0 Å². The molecule has 4 rings (SSSR count). The zero-order valence-corrected chi connectivity index (χ0v) is 17.2. The fourth-order valence-electron chi connectivity index (χ4n) is 3.10. The quantitative estimate of drug-likeness (QED) is 0.493. The molecule has 0 atom stereocenters. The molecule has 9 heteroatoms. The minimum absolute atomic E-state index is 0.131. The molecular weight excluding hydrogens is 409 g/mol. The summed E-state index contributed by atoms with van der Waals surface area (Å²) in [5.74, 6) is 0.0939. The van der Waals surface area contributed by atoms with Gasteiger partial charge in [0.2, 0.25) is 0 Å². The number of benzene rings is 1. The molecule has 3 aromatic heterocycles. The van der Waals surface area contributed by atoms with Crippen molar-refractivity contribution in [1.82, 2.24) is 19.6 Å². The molecule has 30 heavy (non-hydrogen) atoms. The van der Waals surface area contributed by atoms with Crippen molar-refractivity contribution < 1.29 is 13.6 Å². The molecule has 0 saturated carbocycles. The maximum atomic E-state index is 13.8. The van der Waals surface area contributed by atoms with E-state index < -0.39 is 5.91 Å². The molecule has 1 N–H and O–H groups in total. The molecule has 0 aliphatic heterocycles. The largest absolute Gasteiger partial charge is 0.454 e. The van der Waals surface area contributed by atoms with Gasteiger partial charge in [-0.15, -0.1) is 0 Å². The molecule has 1 amide bonds. The number of carbonyl (C=O) groups is 1. The number of aromatic nitrogens is 4. The van der Waals surface area contributed by atoms with Gasteiger partial charge in [0.1, 0.15) is 16.6 Å². The van der Waals surface area contributed by atoms with Crippen LogP contribution >= 0.6 is 11.6 Å². The minimum atomic E-state index is -0.479. The number of nitrogens with zero attached hydrogens (tertiary/aromatic N) is 4. The standard InChI is InChI=1S/C21H19ClFN5O2/c1-13-9-14(2)28(25-13)11-16-7-8-19(30-16)21(29)24-20-17(22)12-27(26-20)10-15-5-3-4-6-18(15)23/h3-9,12H,10-11H2,1-2H3,(H,24,26,29). The van der Waals surface area contributed by atoms with E-state index in [1.807, 2.05) is 19.9 Å². The summed E-state index contributed by atoms with van der Waals surface area (Å²) in [5.41, 5.74) is 2.38. The van der Waals surface area contributed by atoms with Gasteiger partial charge in [0, 0.05) is 17.5 Å². The summed E-state index contributed by atoms with van der Waals surface area (Å²) in [6, 6.07) is 11.7. The van der Waals surface area contributed by atoms with E-state index in [1.165, 1.54) is 16.9 Å². The van der Waals surface area contributed by atoms with Gasteiger partial charge in [0.15, 0.2) is 11.6 Å². The maximum Gasteiger partial charge on any atom is 0.292 e. The van der Waals surface area contributed by atoms with Crippen molar-refractivity contribution in [3.63, 3.8) is 0 Å². The van der Waals surface area contributed by atoms with Crippen LogP contribution in [0.3, 0.4) is 0 Å². The molecule has 1 aromatic carbocycles. The fraction of sp³-hybridized carbons (Fsp3) is 0.190. The van der Waals surface area contributed by atoms with Gasteiger partial charge in [0.25, 0.3) is 5.91 Å². The van der Waals surface area contributed by atoms with Gasteiger partial charge in [-0.05, 0) is 38.1 Å². The molecule has 0 fully saturated rings. The summed E-state index contributed by atoms with van der Waals surface area (Å²) >= 11 is 6.18. The van der Waals surface area contributed by atoms with Crippen LogP contribution in [0, 0.1) is 19.7 Å². The van der Waals surface area contributed by atoms with E-state index in [0.717, 1.165) is 11.4 Å². The zero-order chi connectivity index (χ0) is 21.3. The Morgan fingerprint density at radius 1 is 1.17 bits per heavy atom. The first-order chi connectivity index (χ1) is 14.4. The summed E-state index contributed by atoms with van der Waals surface area (Å²) in [5, 5.41) is 11.5. The van der Waals surface area contributed by atoms with E-state index in [4.69, 9.17) is 16.0 Å². The highest BCUT2D eigenvalue weighted by molar-refractivity contribution is 6.33. The average molecular weight is 428 g/mol. The number of halogens is 2. The van der Waals surface area contributed by atoms with Crippen molar-refractivity contribution >= 4 is 23.3 Å². The Morgan fingerprint density at radius 3 is 2.70 bits per heavy atom. The number of rotatable bonds is 6. The van der Waals surface area contributed by atoms with Crippen LogP contribution in [0.2, 0.25) is 5.02 Å². The number of furan rings is 1. The number of nitrogens with one attached hydrogen (secondary N) is 1. The molecule has 0 saturated heterocycles. The minimum Gasteiger partial charge on any atom is -0.454 e. The molecule has 4 aromatic rings. The highest BCUT2D eigenvalue weighted by atomic mass is 35.5. The molecule has 0 radical (unpaired) electrons. The predicted octanol–water partition coefficient (Wildman–Crippen LogP) is 4.43. The number of hydrogen-bond acceptors (Lipinski definition) is 4. The van der Waals surface area contributed by atoms with E-state index in [1.54, 1.807) is 35.0 Å². The summed E-state index contributed by atoms with van der Waals surface area (Å²) in [7, 11) is 0. The van der Waals surface area contributed by atoms with E-state index in [-0.39, 0.29) is 29.0 Å². The Kier molecular flexibility index (Phi) is 5.41. The van der Waals surface area contributed by atoms with Crippen LogP contribution in [-0.2, 0) is 13.1 Å². The highest BCUT2D eigenvalue weighted by Crippen LogP contribution is 2.22. The number of aryl methyl sites for hydroxylation is 2. The number of carbonyl (C=O) groups excluding carboxylic acids is 1. The van der Waals surface area contributed by atoms with Crippen LogP contribution < -0.4 is 5.32 Å². The third-order valence-corrected chi connectivity index (χ3v) is 4.81. The first kappa shape index (κ1) is 19.9. The Bertz CT molecular complexity index is 1210. The summed E-state index contributed by atoms with van der Waals surface area (Å²) < 4.78 is 22.7. The second-order valence-electron chi connectivity index (χ2n) is 6.92. The van der Waals surface area contributed by atoms with E-state index >= 15 is 0 Å². The Labute approximate surface area is 177 Å². The molecule has 154 valence electrons. The Balaban J connectivity index is 1.44. The monoisotopic (exact) mass is 427 g/mol. The van der Waals surface area contributed by atoms with Crippen LogP contribution in [0.5, 0.6) is 0 Å². The number of anilines is 1. The molecule has 0 spiro atoms. The third-order valence-electron chi connectivity index (χ3n) is 4.53. The summed E-state index contributed by atoms with van der Waals surface area (Å²) in [6.45, 7) is 4.48. The van der Waals surface area contributed by atoms with Gasteiger partial charge in [-0.25, -0.2) is 4.39 Å². The van der Waals surface area contributed by atoms with Gasteiger partial charge < -0.3 is 9.73 Å². The van der Waals surface area contributed by atoms with E-state index in [0.29, 0.717) is 17.9 Å². The normalized spacial score (nSPS) is 11.1. The molecular formula is C21H19ClFN5O2. The van der Waals surface area contributed by atoms with Gasteiger partial charge in [-0.1, -0.05) is 29.8 Å². The van der Waals surface area contributed by atoms with Gasteiger partial charge >= 0.3 is 0 Å². The van der Waals surface area contributed by atoms with Crippen LogP contribution in [0.4, 0.5) is 10.2 Å². The van der Waals surface area contributed by atoms with Crippen LogP contribution in [0.25, 0.3) is 0 Å². The molecule has 7 nitrogen and oxygen atoms in total. The molecule has 0 unspecified atom stereocenters. The lowest BCUT2D eigenvalue weighted by Gasteiger charge is -2.03. The molecule has 3 heterocycles. The van der Waals surface area contributed by atoms with Gasteiger partial charge in [-0.2, -0.15) is 10.2 Å². The van der Waals surface area contributed by atoms with Crippen LogP contribution in [-0.4, -0.2) is 25.5 Å². The lowest BCUT2D eigenvalue weighted by molar-refractivity contribution is 0.0994. The lowest BCUT2D eigenvalue weighted by atomic mass is 10.2. The third kappa shape index (κ3) is 4.28. The second-order valence-corrected chi connectivity index (χ2v) is 7.33. The smallest absolute Gasteiger partial charge is 0.292 e. The van der Waals surface area contributed by atoms with Crippen molar-refractivity contribution in [1.29, 1.82) is 0 Å². The molecule has 0 aliphatic rings. The van der Waals surface area contributed by atoms with Crippen LogP contribution in [0.1, 0.15) is 33.3 Å². The summed E-state index contributed by atoms with van der Waals surface area (Å²) in [4.78, 5) is 12.5. The fourth-order valence-corrected chi connectivity index (χ4v) is 3.30. The topological polar surface area (TPSA) is 77.9 Å². The molecule has 0 bridgehead atoms.